The number of aryl methyl sites for hydroxylation is 1. The third kappa shape index (κ3) is 4.54. The molecule has 1 aromatic heterocycles. The van der Waals surface area contributed by atoms with E-state index in [2.05, 4.69) is 10.6 Å². The average molecular weight is 385 g/mol. The zero-order valence-electron chi connectivity index (χ0n) is 15.7. The molecule has 0 saturated heterocycles. The quantitative estimate of drug-likeness (QED) is 0.802. The van der Waals surface area contributed by atoms with Crippen LogP contribution in [0.25, 0.3) is 0 Å². The molecule has 0 atom stereocenters. The summed E-state index contributed by atoms with van der Waals surface area (Å²) in [5.41, 5.74) is 2.38. The van der Waals surface area contributed by atoms with E-state index in [0.717, 1.165) is 29.0 Å². The summed E-state index contributed by atoms with van der Waals surface area (Å²) in [6.07, 6.45) is 1.90. The molecule has 7 heteroatoms. The monoisotopic (exact) mass is 385 g/mol. The number of carbonyl (C=O) groups excluding carboxylic acids is 3. The van der Waals surface area contributed by atoms with E-state index in [4.69, 9.17) is 0 Å². The highest BCUT2D eigenvalue weighted by molar-refractivity contribution is 7.18. The number of thiophene rings is 1. The van der Waals surface area contributed by atoms with Gasteiger partial charge in [0.15, 0.2) is 0 Å². The van der Waals surface area contributed by atoms with Crippen LogP contribution in [0.5, 0.6) is 0 Å². The lowest BCUT2D eigenvalue weighted by atomic mass is 10.1. The Bertz CT molecular complexity index is 869. The van der Waals surface area contributed by atoms with E-state index in [1.165, 1.54) is 11.3 Å². The Hall–Kier alpha value is -2.67. The molecule has 0 bridgehead atoms. The van der Waals surface area contributed by atoms with Crippen LogP contribution < -0.4 is 10.6 Å². The molecule has 1 aliphatic rings. The number of amides is 3. The van der Waals surface area contributed by atoms with Crippen molar-refractivity contribution < 1.29 is 14.4 Å². The Morgan fingerprint density at radius 2 is 1.85 bits per heavy atom. The van der Waals surface area contributed by atoms with Gasteiger partial charge in [-0.05, 0) is 49.1 Å². The van der Waals surface area contributed by atoms with Gasteiger partial charge in [0.05, 0.1) is 9.88 Å². The molecule has 3 rings (SSSR count). The molecule has 1 aromatic carbocycles. The Morgan fingerprint density at radius 1 is 1.19 bits per heavy atom. The molecule has 0 aliphatic heterocycles. The van der Waals surface area contributed by atoms with Gasteiger partial charge < -0.3 is 15.5 Å². The van der Waals surface area contributed by atoms with Crippen molar-refractivity contribution in [3.05, 3.63) is 51.9 Å². The Balaban J connectivity index is 1.65. The lowest BCUT2D eigenvalue weighted by molar-refractivity contribution is -0.117. The van der Waals surface area contributed by atoms with Gasteiger partial charge in [-0.2, -0.15) is 0 Å². The van der Waals surface area contributed by atoms with Crippen molar-refractivity contribution in [2.45, 2.75) is 26.3 Å². The summed E-state index contributed by atoms with van der Waals surface area (Å²) in [6.45, 7) is 2.32. The second kappa shape index (κ2) is 7.92. The van der Waals surface area contributed by atoms with Crippen LogP contribution in [0.15, 0.2) is 30.3 Å². The minimum atomic E-state index is -0.138. The number of hydrogen-bond donors (Lipinski definition) is 2. The Kier molecular flexibility index (Phi) is 5.60. The molecule has 0 radical (unpaired) electrons. The second-order valence-corrected chi connectivity index (χ2v) is 7.88. The molecule has 1 fully saturated rings. The van der Waals surface area contributed by atoms with E-state index in [0.29, 0.717) is 17.0 Å². The maximum atomic E-state index is 12.8. The van der Waals surface area contributed by atoms with E-state index >= 15 is 0 Å². The normalized spacial score (nSPS) is 13.1. The summed E-state index contributed by atoms with van der Waals surface area (Å²) in [5.74, 6) is -0.0485. The molecular formula is C20H23N3O3S. The van der Waals surface area contributed by atoms with Crippen molar-refractivity contribution in [3.63, 3.8) is 0 Å². The number of carbonyl (C=O) groups is 3. The number of benzene rings is 1. The van der Waals surface area contributed by atoms with Crippen molar-refractivity contribution in [1.29, 1.82) is 0 Å². The summed E-state index contributed by atoms with van der Waals surface area (Å²) in [5, 5.41) is 6.20. The summed E-state index contributed by atoms with van der Waals surface area (Å²) in [6, 6.07) is 9.03. The fraction of sp³-hybridized carbons (Fsp3) is 0.350. The SMILES string of the molecule is CNC(=O)c1ccc(CN(C)C(=O)c2sc(NC(=O)C3CC3)cc2C)cc1. The third-order valence-corrected chi connectivity index (χ3v) is 5.66. The fourth-order valence-corrected chi connectivity index (χ4v) is 3.82. The van der Waals surface area contributed by atoms with Crippen LogP contribution in [0, 0.1) is 12.8 Å². The van der Waals surface area contributed by atoms with Gasteiger partial charge in [-0.3, -0.25) is 14.4 Å². The van der Waals surface area contributed by atoms with Gasteiger partial charge in [-0.1, -0.05) is 12.1 Å². The predicted octanol–water partition coefficient (Wildman–Crippen LogP) is 3.04. The molecule has 0 spiro atoms. The number of nitrogens with zero attached hydrogens (tertiary/aromatic N) is 1. The first-order valence-corrected chi connectivity index (χ1v) is 9.68. The second-order valence-electron chi connectivity index (χ2n) is 6.82. The predicted molar refractivity (Wildman–Crippen MR) is 106 cm³/mol. The van der Waals surface area contributed by atoms with E-state index in [1.54, 1.807) is 31.1 Å². The highest BCUT2D eigenvalue weighted by Gasteiger charge is 2.30. The van der Waals surface area contributed by atoms with Crippen molar-refractivity contribution >= 4 is 34.1 Å². The zero-order chi connectivity index (χ0) is 19.6. The summed E-state index contributed by atoms with van der Waals surface area (Å²) in [4.78, 5) is 38.6. The molecular weight excluding hydrogens is 362 g/mol. The van der Waals surface area contributed by atoms with Gasteiger partial charge in [-0.15, -0.1) is 11.3 Å². The zero-order valence-corrected chi connectivity index (χ0v) is 16.5. The maximum absolute atomic E-state index is 12.8. The molecule has 1 heterocycles. The van der Waals surface area contributed by atoms with Crippen LogP contribution >= 0.6 is 11.3 Å². The van der Waals surface area contributed by atoms with E-state index in [9.17, 15) is 14.4 Å². The van der Waals surface area contributed by atoms with Gasteiger partial charge >= 0.3 is 0 Å². The van der Waals surface area contributed by atoms with Gasteiger partial charge in [0.2, 0.25) is 5.91 Å². The lowest BCUT2D eigenvalue weighted by Crippen LogP contribution is -2.26. The first kappa shape index (κ1) is 19.1. The van der Waals surface area contributed by atoms with Crippen LogP contribution in [-0.4, -0.2) is 36.7 Å². The highest BCUT2D eigenvalue weighted by atomic mass is 32.1. The molecule has 3 amide bonds. The summed E-state index contributed by atoms with van der Waals surface area (Å²) >= 11 is 1.31. The smallest absolute Gasteiger partial charge is 0.264 e. The third-order valence-electron chi connectivity index (χ3n) is 4.52. The number of rotatable bonds is 6. The molecule has 6 nitrogen and oxygen atoms in total. The van der Waals surface area contributed by atoms with E-state index < -0.39 is 0 Å². The van der Waals surface area contributed by atoms with Gasteiger partial charge in [-0.25, -0.2) is 0 Å². The molecule has 142 valence electrons. The van der Waals surface area contributed by atoms with Crippen LogP contribution in [0.1, 0.15) is 44.0 Å². The van der Waals surface area contributed by atoms with Crippen LogP contribution in [0.2, 0.25) is 0 Å². The number of nitrogens with one attached hydrogen (secondary N) is 2. The van der Waals surface area contributed by atoms with Gasteiger partial charge in [0.25, 0.3) is 11.8 Å². The van der Waals surface area contributed by atoms with Crippen LogP contribution in [0.3, 0.4) is 0 Å². The molecule has 27 heavy (non-hydrogen) atoms. The van der Waals surface area contributed by atoms with E-state index in [-0.39, 0.29) is 23.6 Å². The molecule has 2 N–H and O–H groups in total. The van der Waals surface area contributed by atoms with Crippen molar-refractivity contribution in [3.8, 4) is 0 Å². The molecule has 1 saturated carbocycles. The Labute approximate surface area is 162 Å². The van der Waals surface area contributed by atoms with Crippen LogP contribution in [-0.2, 0) is 11.3 Å². The molecule has 2 aromatic rings. The van der Waals surface area contributed by atoms with Crippen molar-refractivity contribution in [1.82, 2.24) is 10.2 Å². The summed E-state index contributed by atoms with van der Waals surface area (Å²) < 4.78 is 0. The minimum Gasteiger partial charge on any atom is -0.355 e. The first-order valence-electron chi connectivity index (χ1n) is 8.87. The molecule has 1 aliphatic carbocycles. The lowest BCUT2D eigenvalue weighted by Gasteiger charge is -2.17. The fourth-order valence-electron chi connectivity index (χ4n) is 2.75. The topological polar surface area (TPSA) is 78.5 Å². The van der Waals surface area contributed by atoms with E-state index in [1.807, 2.05) is 25.1 Å². The van der Waals surface area contributed by atoms with Gasteiger partial charge in [0.1, 0.15) is 0 Å². The minimum absolute atomic E-state index is 0.0415. The standard InChI is InChI=1S/C20H23N3O3S/c1-12-10-16(22-19(25)15-8-9-15)27-17(12)20(26)23(3)11-13-4-6-14(7-5-13)18(24)21-2/h4-7,10,15H,8-9,11H2,1-3H3,(H,21,24)(H,22,25). The van der Waals surface area contributed by atoms with Crippen LogP contribution in [0.4, 0.5) is 5.00 Å². The van der Waals surface area contributed by atoms with Crippen molar-refractivity contribution in [2.75, 3.05) is 19.4 Å². The average Bonchev–Trinajstić information content (AvgIpc) is 3.45. The largest absolute Gasteiger partial charge is 0.355 e. The maximum Gasteiger partial charge on any atom is 0.264 e. The van der Waals surface area contributed by atoms with Crippen molar-refractivity contribution in [2.24, 2.45) is 5.92 Å². The van der Waals surface area contributed by atoms with Gasteiger partial charge in [0, 0.05) is 32.1 Å². The summed E-state index contributed by atoms with van der Waals surface area (Å²) in [7, 11) is 3.34. The number of anilines is 1. The Morgan fingerprint density at radius 3 is 2.44 bits per heavy atom. The highest BCUT2D eigenvalue weighted by Crippen LogP contribution is 2.33. The molecule has 0 unspecified atom stereocenters. The number of hydrogen-bond acceptors (Lipinski definition) is 4. The first-order chi connectivity index (χ1) is 12.9.